The lowest BCUT2D eigenvalue weighted by molar-refractivity contribution is 0.251. The summed E-state index contributed by atoms with van der Waals surface area (Å²) in [5, 5.41) is 6.78. The van der Waals surface area contributed by atoms with Gasteiger partial charge in [-0.1, -0.05) is 42.5 Å². The van der Waals surface area contributed by atoms with Crippen molar-refractivity contribution in [2.24, 2.45) is 0 Å². The molecule has 0 aliphatic rings. The second kappa shape index (κ2) is 7.60. The van der Waals surface area contributed by atoms with Crippen LogP contribution in [0.25, 0.3) is 20.8 Å². The summed E-state index contributed by atoms with van der Waals surface area (Å²) in [4.78, 5) is 16.9. The molecule has 0 atom stereocenters. The Morgan fingerprint density at radius 3 is 2.56 bits per heavy atom. The normalized spacial score (nSPS) is 10.7. The van der Waals surface area contributed by atoms with Crippen LogP contribution in [0.4, 0.5) is 10.5 Å². The molecule has 0 saturated heterocycles. The van der Waals surface area contributed by atoms with Gasteiger partial charge in [0.15, 0.2) is 0 Å². The molecule has 5 heteroatoms. The minimum absolute atomic E-state index is 0.213. The average Bonchev–Trinajstić information content (AvgIpc) is 3.13. The third kappa shape index (κ3) is 3.99. The molecular formula is C22H19N3OS. The van der Waals surface area contributed by atoms with Crippen LogP contribution in [0.3, 0.4) is 0 Å². The molecule has 0 aliphatic heterocycles. The van der Waals surface area contributed by atoms with E-state index >= 15 is 0 Å². The van der Waals surface area contributed by atoms with E-state index in [1.54, 1.807) is 11.3 Å². The molecule has 4 aromatic rings. The van der Waals surface area contributed by atoms with Crippen molar-refractivity contribution in [3.63, 3.8) is 0 Å². The van der Waals surface area contributed by atoms with Crippen LogP contribution < -0.4 is 10.6 Å². The van der Waals surface area contributed by atoms with E-state index in [-0.39, 0.29) is 6.03 Å². The molecule has 0 bridgehead atoms. The fourth-order valence-electron chi connectivity index (χ4n) is 2.88. The SMILES string of the molecule is Cc1cc(-c2nc3ccccc3s2)ccc1NC(=O)NCc1ccccc1. The highest BCUT2D eigenvalue weighted by atomic mass is 32.1. The zero-order valence-electron chi connectivity index (χ0n) is 14.9. The first-order valence-electron chi connectivity index (χ1n) is 8.74. The zero-order chi connectivity index (χ0) is 18.6. The van der Waals surface area contributed by atoms with Gasteiger partial charge in [0, 0.05) is 17.8 Å². The number of nitrogens with one attached hydrogen (secondary N) is 2. The van der Waals surface area contributed by atoms with Crippen molar-refractivity contribution in [1.29, 1.82) is 0 Å². The number of benzene rings is 3. The van der Waals surface area contributed by atoms with Crippen LogP contribution in [0.15, 0.2) is 72.8 Å². The van der Waals surface area contributed by atoms with Crippen molar-refractivity contribution < 1.29 is 4.79 Å². The predicted octanol–water partition coefficient (Wildman–Crippen LogP) is 5.59. The first-order chi connectivity index (χ1) is 13.2. The van der Waals surface area contributed by atoms with Crippen LogP contribution in [0.1, 0.15) is 11.1 Å². The van der Waals surface area contributed by atoms with E-state index in [9.17, 15) is 4.79 Å². The molecule has 134 valence electrons. The minimum Gasteiger partial charge on any atom is -0.334 e. The molecule has 3 aromatic carbocycles. The number of rotatable bonds is 4. The molecule has 1 aromatic heterocycles. The number of thiazole rings is 1. The van der Waals surface area contributed by atoms with Gasteiger partial charge in [0.25, 0.3) is 0 Å². The van der Waals surface area contributed by atoms with Crippen molar-refractivity contribution in [1.82, 2.24) is 10.3 Å². The summed E-state index contributed by atoms with van der Waals surface area (Å²) in [5.74, 6) is 0. The number of hydrogen-bond acceptors (Lipinski definition) is 3. The highest BCUT2D eigenvalue weighted by Gasteiger charge is 2.09. The van der Waals surface area contributed by atoms with Crippen LogP contribution in [0.5, 0.6) is 0 Å². The van der Waals surface area contributed by atoms with E-state index in [0.29, 0.717) is 6.54 Å². The number of aromatic nitrogens is 1. The Hall–Kier alpha value is -3.18. The lowest BCUT2D eigenvalue weighted by atomic mass is 10.1. The Balaban J connectivity index is 1.46. The van der Waals surface area contributed by atoms with Gasteiger partial charge in [-0.25, -0.2) is 9.78 Å². The zero-order valence-corrected chi connectivity index (χ0v) is 15.7. The third-order valence-corrected chi connectivity index (χ3v) is 5.40. The van der Waals surface area contributed by atoms with Gasteiger partial charge in [-0.3, -0.25) is 0 Å². The lowest BCUT2D eigenvalue weighted by Crippen LogP contribution is -2.28. The van der Waals surface area contributed by atoms with Gasteiger partial charge in [0.2, 0.25) is 0 Å². The second-order valence-electron chi connectivity index (χ2n) is 6.31. The summed E-state index contributed by atoms with van der Waals surface area (Å²) in [7, 11) is 0. The summed E-state index contributed by atoms with van der Waals surface area (Å²) < 4.78 is 1.17. The van der Waals surface area contributed by atoms with E-state index in [4.69, 9.17) is 4.98 Å². The summed E-state index contributed by atoms with van der Waals surface area (Å²) in [6.07, 6.45) is 0. The molecular weight excluding hydrogens is 354 g/mol. The highest BCUT2D eigenvalue weighted by molar-refractivity contribution is 7.21. The van der Waals surface area contributed by atoms with Gasteiger partial charge in [0.05, 0.1) is 10.2 Å². The van der Waals surface area contributed by atoms with Crippen molar-refractivity contribution in [3.8, 4) is 10.6 Å². The van der Waals surface area contributed by atoms with Gasteiger partial charge in [-0.15, -0.1) is 11.3 Å². The molecule has 0 radical (unpaired) electrons. The number of amides is 2. The van der Waals surface area contributed by atoms with Crippen molar-refractivity contribution in [3.05, 3.63) is 83.9 Å². The van der Waals surface area contributed by atoms with Gasteiger partial charge in [0.1, 0.15) is 5.01 Å². The summed E-state index contributed by atoms with van der Waals surface area (Å²) in [5.41, 5.74) is 4.93. The molecule has 27 heavy (non-hydrogen) atoms. The maximum Gasteiger partial charge on any atom is 0.319 e. The number of anilines is 1. The monoisotopic (exact) mass is 373 g/mol. The lowest BCUT2D eigenvalue weighted by Gasteiger charge is -2.11. The van der Waals surface area contributed by atoms with E-state index in [1.165, 1.54) is 4.70 Å². The van der Waals surface area contributed by atoms with Crippen LogP contribution in [-0.4, -0.2) is 11.0 Å². The van der Waals surface area contributed by atoms with Gasteiger partial charge < -0.3 is 10.6 Å². The summed E-state index contributed by atoms with van der Waals surface area (Å²) >= 11 is 1.67. The number of hydrogen-bond donors (Lipinski definition) is 2. The summed E-state index contributed by atoms with van der Waals surface area (Å²) in [6.45, 7) is 2.49. The fourth-order valence-corrected chi connectivity index (χ4v) is 3.84. The quantitative estimate of drug-likeness (QED) is 0.490. The standard InChI is InChI=1S/C22H19N3OS/c1-15-13-17(21-24-19-9-5-6-10-20(19)27-21)11-12-18(15)25-22(26)23-14-16-7-3-2-4-8-16/h2-13H,14H2,1H3,(H2,23,25,26). The van der Waals surface area contributed by atoms with Crippen molar-refractivity contribution in [2.45, 2.75) is 13.5 Å². The molecule has 0 fully saturated rings. The molecule has 1 heterocycles. The Labute approximate surface area is 161 Å². The highest BCUT2D eigenvalue weighted by Crippen LogP contribution is 2.31. The fraction of sp³-hybridized carbons (Fsp3) is 0.0909. The van der Waals surface area contributed by atoms with E-state index < -0.39 is 0 Å². The second-order valence-corrected chi connectivity index (χ2v) is 7.34. The number of carbonyl (C=O) groups is 1. The Bertz CT molecular complexity index is 1060. The first-order valence-corrected chi connectivity index (χ1v) is 9.56. The number of nitrogens with zero attached hydrogens (tertiary/aromatic N) is 1. The van der Waals surface area contributed by atoms with Gasteiger partial charge >= 0.3 is 6.03 Å². The largest absolute Gasteiger partial charge is 0.334 e. The number of aryl methyl sites for hydroxylation is 1. The number of fused-ring (bicyclic) bond motifs is 1. The van der Waals surface area contributed by atoms with Crippen LogP contribution >= 0.6 is 11.3 Å². The van der Waals surface area contributed by atoms with Crippen LogP contribution in [0, 0.1) is 6.92 Å². The molecule has 4 rings (SSSR count). The molecule has 0 spiro atoms. The topological polar surface area (TPSA) is 54.0 Å². The molecule has 0 aliphatic carbocycles. The van der Waals surface area contributed by atoms with Crippen molar-refractivity contribution in [2.75, 3.05) is 5.32 Å². The average molecular weight is 373 g/mol. The van der Waals surface area contributed by atoms with Crippen LogP contribution in [-0.2, 0) is 6.54 Å². The number of carbonyl (C=O) groups excluding carboxylic acids is 1. The molecule has 2 N–H and O–H groups in total. The Morgan fingerprint density at radius 2 is 1.78 bits per heavy atom. The van der Waals surface area contributed by atoms with E-state index in [0.717, 1.165) is 32.9 Å². The van der Waals surface area contributed by atoms with Gasteiger partial charge in [-0.05, 0) is 48.4 Å². The van der Waals surface area contributed by atoms with Gasteiger partial charge in [-0.2, -0.15) is 0 Å². The van der Waals surface area contributed by atoms with E-state index in [1.807, 2.05) is 67.6 Å². The van der Waals surface area contributed by atoms with E-state index in [2.05, 4.69) is 22.8 Å². The molecule has 4 nitrogen and oxygen atoms in total. The first kappa shape index (κ1) is 17.2. The Morgan fingerprint density at radius 1 is 1.00 bits per heavy atom. The minimum atomic E-state index is -0.213. The molecule has 0 saturated carbocycles. The summed E-state index contributed by atoms with van der Waals surface area (Å²) in [6, 6.07) is 23.7. The van der Waals surface area contributed by atoms with Crippen molar-refractivity contribution >= 4 is 33.3 Å². The number of para-hydroxylation sites is 1. The van der Waals surface area contributed by atoms with Crippen LogP contribution in [0.2, 0.25) is 0 Å². The predicted molar refractivity (Wildman–Crippen MR) is 112 cm³/mol. The number of urea groups is 1. The molecule has 0 unspecified atom stereocenters. The molecule has 2 amide bonds. The third-order valence-electron chi connectivity index (χ3n) is 4.31. The maximum atomic E-state index is 12.2. The Kier molecular flexibility index (Phi) is 4.85. The maximum absolute atomic E-state index is 12.2. The smallest absolute Gasteiger partial charge is 0.319 e.